The number of aromatic amines is 1. The van der Waals surface area contributed by atoms with Gasteiger partial charge in [0.15, 0.2) is 0 Å². The second kappa shape index (κ2) is 4.62. The molecule has 0 atom stereocenters. The molecule has 0 bridgehead atoms. The van der Waals surface area contributed by atoms with Gasteiger partial charge in [-0.1, -0.05) is 18.2 Å². The average Bonchev–Trinajstić information content (AvgIpc) is 2.77. The van der Waals surface area contributed by atoms with E-state index in [9.17, 15) is 4.79 Å². The van der Waals surface area contributed by atoms with E-state index in [0.29, 0.717) is 11.3 Å². The number of para-hydroxylation sites is 1. The molecule has 0 unspecified atom stereocenters. The van der Waals surface area contributed by atoms with Gasteiger partial charge in [-0.25, -0.2) is 0 Å². The summed E-state index contributed by atoms with van der Waals surface area (Å²) < 4.78 is 0. The number of hydrogen-bond acceptors (Lipinski definition) is 5. The molecule has 0 spiro atoms. The Labute approximate surface area is 96.7 Å². The second-order valence-electron chi connectivity index (χ2n) is 3.31. The van der Waals surface area contributed by atoms with E-state index < -0.39 is 5.91 Å². The van der Waals surface area contributed by atoms with Crippen LogP contribution in [0.4, 0.5) is 11.6 Å². The molecule has 0 saturated heterocycles. The van der Waals surface area contributed by atoms with E-state index in [1.165, 1.54) is 0 Å². The zero-order valence-electron chi connectivity index (χ0n) is 8.84. The number of benzene rings is 1. The monoisotopic (exact) mass is 233 g/mol. The molecule has 0 aliphatic rings. The van der Waals surface area contributed by atoms with Crippen molar-refractivity contribution in [2.24, 2.45) is 0 Å². The van der Waals surface area contributed by atoms with Gasteiger partial charge in [-0.05, 0) is 6.07 Å². The maximum atomic E-state index is 11.7. The standard InChI is InChI=1S/C10H11N5O2/c11-10-13-8(14-15-10)9(17)12-7-4-2-1-3-6(7)5-16/h1-4,16H,5H2,(H,12,17)(H3,11,13,14,15). The molecule has 0 aliphatic carbocycles. The molecule has 2 aromatic rings. The minimum Gasteiger partial charge on any atom is -0.392 e. The zero-order chi connectivity index (χ0) is 12.3. The molecule has 0 aliphatic heterocycles. The van der Waals surface area contributed by atoms with E-state index in [2.05, 4.69) is 20.5 Å². The number of aromatic nitrogens is 3. The number of H-pyrrole nitrogens is 1. The number of nitrogens with zero attached hydrogens (tertiary/aromatic N) is 2. The van der Waals surface area contributed by atoms with E-state index in [4.69, 9.17) is 10.8 Å². The van der Waals surface area contributed by atoms with Crippen molar-refractivity contribution in [3.8, 4) is 0 Å². The van der Waals surface area contributed by atoms with Crippen molar-refractivity contribution in [1.29, 1.82) is 0 Å². The van der Waals surface area contributed by atoms with Gasteiger partial charge in [-0.15, -0.1) is 5.10 Å². The maximum Gasteiger partial charge on any atom is 0.293 e. The van der Waals surface area contributed by atoms with E-state index in [-0.39, 0.29) is 18.4 Å². The third kappa shape index (κ3) is 2.40. The first kappa shape index (κ1) is 11.1. The number of aliphatic hydroxyl groups excluding tert-OH is 1. The summed E-state index contributed by atoms with van der Waals surface area (Å²) in [5.74, 6) is -0.434. The van der Waals surface area contributed by atoms with Crippen LogP contribution >= 0.6 is 0 Å². The van der Waals surface area contributed by atoms with Crippen molar-refractivity contribution >= 4 is 17.5 Å². The van der Waals surface area contributed by atoms with Gasteiger partial charge in [-0.2, -0.15) is 4.98 Å². The lowest BCUT2D eigenvalue weighted by Gasteiger charge is -2.07. The van der Waals surface area contributed by atoms with Gasteiger partial charge in [0.2, 0.25) is 11.8 Å². The van der Waals surface area contributed by atoms with Crippen LogP contribution in [0, 0.1) is 0 Å². The van der Waals surface area contributed by atoms with Gasteiger partial charge in [0.1, 0.15) is 0 Å². The Kier molecular flexibility index (Phi) is 3.01. The topological polar surface area (TPSA) is 117 Å². The summed E-state index contributed by atoms with van der Waals surface area (Å²) in [4.78, 5) is 15.4. The molecule has 0 fully saturated rings. The van der Waals surface area contributed by atoms with Crippen LogP contribution in [0.1, 0.15) is 16.2 Å². The Hall–Kier alpha value is -2.41. The average molecular weight is 233 g/mol. The van der Waals surface area contributed by atoms with Crippen molar-refractivity contribution in [3.05, 3.63) is 35.7 Å². The number of carbonyl (C=O) groups excluding carboxylic acids is 1. The van der Waals surface area contributed by atoms with Gasteiger partial charge in [0.05, 0.1) is 6.61 Å². The Morgan fingerprint density at radius 1 is 1.47 bits per heavy atom. The summed E-state index contributed by atoms with van der Waals surface area (Å²) in [6, 6.07) is 6.92. The number of anilines is 2. The third-order valence-corrected chi connectivity index (χ3v) is 2.15. The number of hydrogen-bond donors (Lipinski definition) is 4. The molecular formula is C10H11N5O2. The first-order valence-corrected chi connectivity index (χ1v) is 4.88. The summed E-state index contributed by atoms with van der Waals surface area (Å²) in [6.45, 7) is -0.158. The molecule has 1 aromatic heterocycles. The summed E-state index contributed by atoms with van der Waals surface area (Å²) in [6.07, 6.45) is 0. The lowest BCUT2D eigenvalue weighted by Crippen LogP contribution is -2.15. The van der Waals surface area contributed by atoms with E-state index in [0.717, 1.165) is 0 Å². The molecule has 5 N–H and O–H groups in total. The minimum atomic E-state index is -0.463. The number of rotatable bonds is 3. The number of carbonyl (C=O) groups is 1. The predicted octanol–water partition coefficient (Wildman–Crippen LogP) is 0.131. The maximum absolute atomic E-state index is 11.7. The molecular weight excluding hydrogens is 222 g/mol. The van der Waals surface area contributed by atoms with Crippen molar-refractivity contribution in [2.45, 2.75) is 6.61 Å². The highest BCUT2D eigenvalue weighted by Gasteiger charge is 2.12. The molecule has 0 saturated carbocycles. The Bertz CT molecular complexity index is 537. The second-order valence-corrected chi connectivity index (χ2v) is 3.31. The lowest BCUT2D eigenvalue weighted by atomic mass is 10.2. The van der Waals surface area contributed by atoms with Crippen molar-refractivity contribution in [2.75, 3.05) is 11.1 Å². The van der Waals surface area contributed by atoms with Gasteiger partial charge in [0.25, 0.3) is 5.91 Å². The van der Waals surface area contributed by atoms with Gasteiger partial charge < -0.3 is 16.2 Å². The summed E-state index contributed by atoms with van der Waals surface area (Å²) >= 11 is 0. The van der Waals surface area contributed by atoms with Crippen molar-refractivity contribution in [3.63, 3.8) is 0 Å². The zero-order valence-corrected chi connectivity index (χ0v) is 8.84. The smallest absolute Gasteiger partial charge is 0.293 e. The van der Waals surface area contributed by atoms with Crippen LogP contribution in [-0.2, 0) is 6.61 Å². The molecule has 1 heterocycles. The largest absolute Gasteiger partial charge is 0.392 e. The summed E-state index contributed by atoms with van der Waals surface area (Å²) in [7, 11) is 0. The van der Waals surface area contributed by atoms with Crippen molar-refractivity contribution < 1.29 is 9.90 Å². The van der Waals surface area contributed by atoms with Gasteiger partial charge >= 0.3 is 0 Å². The van der Waals surface area contributed by atoms with Gasteiger partial charge in [-0.3, -0.25) is 9.89 Å². The van der Waals surface area contributed by atoms with E-state index in [1.54, 1.807) is 24.3 Å². The Morgan fingerprint density at radius 3 is 2.88 bits per heavy atom. The first-order valence-electron chi connectivity index (χ1n) is 4.88. The van der Waals surface area contributed by atoms with Crippen LogP contribution in [0.25, 0.3) is 0 Å². The van der Waals surface area contributed by atoms with Crippen LogP contribution in [0.15, 0.2) is 24.3 Å². The first-order chi connectivity index (χ1) is 8.20. The normalized spacial score (nSPS) is 10.2. The fourth-order valence-electron chi connectivity index (χ4n) is 1.34. The molecule has 17 heavy (non-hydrogen) atoms. The molecule has 1 amide bonds. The molecule has 7 nitrogen and oxygen atoms in total. The van der Waals surface area contributed by atoms with Crippen LogP contribution < -0.4 is 11.1 Å². The Balaban J connectivity index is 2.18. The van der Waals surface area contributed by atoms with E-state index >= 15 is 0 Å². The highest BCUT2D eigenvalue weighted by molar-refractivity contribution is 6.02. The third-order valence-electron chi connectivity index (χ3n) is 2.15. The molecule has 0 radical (unpaired) electrons. The highest BCUT2D eigenvalue weighted by atomic mass is 16.3. The molecule has 7 heteroatoms. The summed E-state index contributed by atoms with van der Waals surface area (Å²) in [5, 5.41) is 17.7. The number of aliphatic hydroxyl groups is 1. The number of nitrogen functional groups attached to an aromatic ring is 1. The Morgan fingerprint density at radius 2 is 2.24 bits per heavy atom. The minimum absolute atomic E-state index is 0.00518. The fraction of sp³-hybridized carbons (Fsp3) is 0.100. The van der Waals surface area contributed by atoms with Crippen LogP contribution in [0.3, 0.4) is 0 Å². The SMILES string of the molecule is Nc1n[nH]c(C(=O)Nc2ccccc2CO)n1. The molecule has 1 aromatic carbocycles. The lowest BCUT2D eigenvalue weighted by molar-refractivity contribution is 0.101. The number of nitrogens with one attached hydrogen (secondary N) is 2. The van der Waals surface area contributed by atoms with Crippen molar-refractivity contribution in [1.82, 2.24) is 15.2 Å². The van der Waals surface area contributed by atoms with Crippen LogP contribution in [0.2, 0.25) is 0 Å². The summed E-state index contributed by atoms with van der Waals surface area (Å²) in [5.41, 5.74) is 6.43. The predicted molar refractivity (Wildman–Crippen MR) is 61.1 cm³/mol. The fourth-order valence-corrected chi connectivity index (χ4v) is 1.34. The number of amides is 1. The van der Waals surface area contributed by atoms with Gasteiger partial charge in [0, 0.05) is 11.3 Å². The molecule has 2 rings (SSSR count). The number of nitrogens with two attached hydrogens (primary N) is 1. The van der Waals surface area contributed by atoms with Crippen LogP contribution in [-0.4, -0.2) is 26.2 Å². The van der Waals surface area contributed by atoms with Crippen LogP contribution in [0.5, 0.6) is 0 Å². The quantitative estimate of drug-likeness (QED) is 0.601. The highest BCUT2D eigenvalue weighted by Crippen LogP contribution is 2.15. The van der Waals surface area contributed by atoms with E-state index in [1.807, 2.05) is 0 Å². The molecule has 88 valence electrons.